The van der Waals surface area contributed by atoms with Crippen LogP contribution < -0.4 is 0 Å². The van der Waals surface area contributed by atoms with E-state index in [2.05, 4.69) is 4.98 Å². The Hall–Kier alpha value is -1.92. The molecule has 1 fully saturated rings. The molecule has 21 heavy (non-hydrogen) atoms. The topological polar surface area (TPSA) is 50.3 Å². The number of rotatable bonds is 3. The zero-order valence-electron chi connectivity index (χ0n) is 11.8. The molecule has 1 atom stereocenters. The molecule has 110 valence electrons. The number of nitrogens with zero attached hydrogens (tertiary/aromatic N) is 2. The number of hydrogen-bond donors (Lipinski definition) is 1. The van der Waals surface area contributed by atoms with Gasteiger partial charge in [-0.3, -0.25) is 9.36 Å². The van der Waals surface area contributed by atoms with E-state index in [-0.39, 0.29) is 11.9 Å². The molecule has 1 N–H and O–H groups in total. The van der Waals surface area contributed by atoms with Crippen LogP contribution in [-0.2, 0) is 4.74 Å². The largest absolute Gasteiger partial charge is 0.379 e. The van der Waals surface area contributed by atoms with E-state index < -0.39 is 0 Å². The number of amides is 1. The summed E-state index contributed by atoms with van der Waals surface area (Å²) in [5.74, 6) is -0.0540. The molecule has 1 saturated heterocycles. The first-order valence-electron chi connectivity index (χ1n) is 6.89. The second-order valence-electron chi connectivity index (χ2n) is 5.08. The standard InChI is InChI=1S/C15H17N3O2S/c1-17(12-7-8-20-10-12)14(19)13-9-16-15(21)18(13)11-5-3-2-4-6-11/h2-6,9,12H,7-8,10H2,1H3,(H,16,21). The van der Waals surface area contributed by atoms with Crippen molar-refractivity contribution in [2.75, 3.05) is 20.3 Å². The summed E-state index contributed by atoms with van der Waals surface area (Å²) in [6, 6.07) is 9.77. The summed E-state index contributed by atoms with van der Waals surface area (Å²) in [4.78, 5) is 17.4. The van der Waals surface area contributed by atoms with E-state index in [4.69, 9.17) is 17.0 Å². The smallest absolute Gasteiger partial charge is 0.272 e. The normalized spacial score (nSPS) is 17.9. The minimum absolute atomic E-state index is 0.0540. The maximum absolute atomic E-state index is 12.7. The number of hydrogen-bond acceptors (Lipinski definition) is 3. The molecular weight excluding hydrogens is 286 g/mol. The number of nitrogens with one attached hydrogen (secondary N) is 1. The van der Waals surface area contributed by atoms with Gasteiger partial charge in [0.05, 0.1) is 12.6 Å². The van der Waals surface area contributed by atoms with Gasteiger partial charge in [0.1, 0.15) is 5.69 Å². The monoisotopic (exact) mass is 303 g/mol. The van der Waals surface area contributed by atoms with Crippen LogP contribution in [0.5, 0.6) is 0 Å². The fourth-order valence-corrected chi connectivity index (χ4v) is 2.80. The Kier molecular flexibility index (Phi) is 3.90. The van der Waals surface area contributed by atoms with Crippen LogP contribution in [0.1, 0.15) is 16.9 Å². The van der Waals surface area contributed by atoms with Gasteiger partial charge in [-0.15, -0.1) is 0 Å². The van der Waals surface area contributed by atoms with Crippen LogP contribution in [-0.4, -0.2) is 46.7 Å². The van der Waals surface area contributed by atoms with E-state index in [0.717, 1.165) is 12.1 Å². The molecule has 0 radical (unpaired) electrons. The molecule has 1 unspecified atom stereocenters. The van der Waals surface area contributed by atoms with Crippen molar-refractivity contribution in [2.24, 2.45) is 0 Å². The number of H-pyrrole nitrogens is 1. The summed E-state index contributed by atoms with van der Waals surface area (Å²) in [7, 11) is 1.81. The average Bonchev–Trinajstić information content (AvgIpc) is 3.16. The highest BCUT2D eigenvalue weighted by Gasteiger charge is 2.27. The number of carbonyl (C=O) groups is 1. The van der Waals surface area contributed by atoms with Crippen LogP contribution in [0.4, 0.5) is 0 Å². The third-order valence-corrected chi connectivity index (χ3v) is 4.08. The van der Waals surface area contributed by atoms with Gasteiger partial charge >= 0.3 is 0 Å². The first-order valence-corrected chi connectivity index (χ1v) is 7.30. The number of aromatic amines is 1. The predicted octanol–water partition coefficient (Wildman–Crippen LogP) is 2.40. The van der Waals surface area contributed by atoms with Gasteiger partial charge in [0.15, 0.2) is 4.77 Å². The van der Waals surface area contributed by atoms with Crippen molar-refractivity contribution in [3.8, 4) is 5.69 Å². The molecule has 5 nitrogen and oxygen atoms in total. The Morgan fingerprint density at radius 1 is 1.43 bits per heavy atom. The first-order chi connectivity index (χ1) is 10.2. The fraction of sp³-hybridized carbons (Fsp3) is 0.333. The second kappa shape index (κ2) is 5.83. The van der Waals surface area contributed by atoms with Gasteiger partial charge in [-0.1, -0.05) is 18.2 Å². The van der Waals surface area contributed by atoms with E-state index in [1.54, 1.807) is 15.7 Å². The summed E-state index contributed by atoms with van der Waals surface area (Å²) in [5, 5.41) is 0. The van der Waals surface area contributed by atoms with Crippen molar-refractivity contribution in [1.29, 1.82) is 0 Å². The third kappa shape index (κ3) is 2.64. The van der Waals surface area contributed by atoms with Gasteiger partial charge in [-0.25, -0.2) is 0 Å². The number of benzene rings is 1. The molecule has 0 aliphatic carbocycles. The van der Waals surface area contributed by atoms with Gasteiger partial charge < -0.3 is 14.6 Å². The summed E-state index contributed by atoms with van der Waals surface area (Å²) in [6.45, 7) is 1.30. The zero-order valence-corrected chi connectivity index (χ0v) is 12.6. The lowest BCUT2D eigenvalue weighted by atomic mass is 10.2. The number of ether oxygens (including phenoxy) is 1. The van der Waals surface area contributed by atoms with Crippen molar-refractivity contribution in [1.82, 2.24) is 14.5 Å². The van der Waals surface area contributed by atoms with Crippen molar-refractivity contribution >= 4 is 18.1 Å². The molecule has 1 amide bonds. The van der Waals surface area contributed by atoms with Crippen molar-refractivity contribution in [3.05, 3.63) is 47.0 Å². The molecule has 2 aromatic rings. The number of aromatic nitrogens is 2. The second-order valence-corrected chi connectivity index (χ2v) is 5.47. The van der Waals surface area contributed by atoms with E-state index in [1.165, 1.54) is 0 Å². The van der Waals surface area contributed by atoms with Gasteiger partial charge in [-0.05, 0) is 30.8 Å². The van der Waals surface area contributed by atoms with Crippen LogP contribution in [0.15, 0.2) is 36.5 Å². The van der Waals surface area contributed by atoms with Gasteiger partial charge in [0, 0.05) is 25.5 Å². The average molecular weight is 303 g/mol. The van der Waals surface area contributed by atoms with Crippen LogP contribution in [0, 0.1) is 4.77 Å². The Morgan fingerprint density at radius 2 is 2.19 bits per heavy atom. The lowest BCUT2D eigenvalue weighted by molar-refractivity contribution is 0.0703. The molecule has 1 aliphatic heterocycles. The summed E-state index contributed by atoms with van der Waals surface area (Å²) in [5.41, 5.74) is 1.42. The maximum Gasteiger partial charge on any atom is 0.272 e. The zero-order chi connectivity index (χ0) is 14.8. The number of imidazole rings is 1. The minimum Gasteiger partial charge on any atom is -0.379 e. The molecule has 1 aliphatic rings. The van der Waals surface area contributed by atoms with E-state index >= 15 is 0 Å². The van der Waals surface area contributed by atoms with E-state index in [0.29, 0.717) is 23.7 Å². The van der Waals surface area contributed by atoms with Crippen LogP contribution in [0.2, 0.25) is 0 Å². The quantitative estimate of drug-likeness (QED) is 0.886. The molecule has 2 heterocycles. The molecule has 0 spiro atoms. The van der Waals surface area contributed by atoms with Crippen molar-refractivity contribution in [2.45, 2.75) is 12.5 Å². The Bertz CT molecular complexity index is 686. The lowest BCUT2D eigenvalue weighted by Gasteiger charge is -2.23. The van der Waals surface area contributed by atoms with Crippen LogP contribution in [0.3, 0.4) is 0 Å². The summed E-state index contributed by atoms with van der Waals surface area (Å²) < 4.78 is 7.64. The van der Waals surface area contributed by atoms with Gasteiger partial charge in [0.2, 0.25) is 0 Å². The molecule has 3 rings (SSSR count). The van der Waals surface area contributed by atoms with Crippen molar-refractivity contribution < 1.29 is 9.53 Å². The highest BCUT2D eigenvalue weighted by Crippen LogP contribution is 2.17. The van der Waals surface area contributed by atoms with Crippen molar-refractivity contribution in [3.63, 3.8) is 0 Å². The summed E-state index contributed by atoms with van der Waals surface area (Å²) >= 11 is 5.31. The third-order valence-electron chi connectivity index (χ3n) is 3.78. The Morgan fingerprint density at radius 3 is 2.86 bits per heavy atom. The Balaban J connectivity index is 1.96. The number of para-hydroxylation sites is 1. The maximum atomic E-state index is 12.7. The summed E-state index contributed by atoms with van der Waals surface area (Å²) in [6.07, 6.45) is 2.54. The predicted molar refractivity (Wildman–Crippen MR) is 82.3 cm³/mol. The lowest BCUT2D eigenvalue weighted by Crippen LogP contribution is -2.38. The van der Waals surface area contributed by atoms with Crippen LogP contribution >= 0.6 is 12.2 Å². The van der Waals surface area contributed by atoms with E-state index in [9.17, 15) is 4.79 Å². The first kappa shape index (κ1) is 14.0. The molecule has 6 heteroatoms. The molecule has 0 saturated carbocycles. The minimum atomic E-state index is -0.0540. The highest BCUT2D eigenvalue weighted by molar-refractivity contribution is 7.71. The molecule has 1 aromatic heterocycles. The Labute approximate surface area is 128 Å². The molecule has 0 bridgehead atoms. The fourth-order valence-electron chi connectivity index (χ4n) is 2.53. The molecule has 1 aromatic carbocycles. The number of carbonyl (C=O) groups excluding carboxylic acids is 1. The SMILES string of the molecule is CN(C(=O)c1c[nH]c(=S)n1-c1ccccc1)C1CCOC1. The van der Waals surface area contributed by atoms with Crippen LogP contribution in [0.25, 0.3) is 5.69 Å². The molecular formula is C15H17N3O2S. The highest BCUT2D eigenvalue weighted by atomic mass is 32.1. The van der Waals surface area contributed by atoms with Gasteiger partial charge in [0.25, 0.3) is 5.91 Å². The number of likely N-dealkylation sites (N-methyl/N-ethyl adjacent to an activating group) is 1. The van der Waals surface area contributed by atoms with Gasteiger partial charge in [-0.2, -0.15) is 0 Å². The van der Waals surface area contributed by atoms with E-state index in [1.807, 2.05) is 37.4 Å².